The number of ether oxygens (including phenoxy) is 1. The molecule has 1 saturated heterocycles. The molecule has 6 atom stereocenters. The number of nitrogens with one attached hydrogen (secondary N) is 2. The van der Waals surface area contributed by atoms with Gasteiger partial charge in [0, 0.05) is 25.9 Å². The first-order valence-corrected chi connectivity index (χ1v) is 18.0. The number of amides is 1. The Morgan fingerprint density at radius 2 is 1.62 bits per heavy atom. The second-order valence-electron chi connectivity index (χ2n) is 9.87. The average molecular weight is 704 g/mol. The third-order valence-corrected chi connectivity index (χ3v) is 9.99. The summed E-state index contributed by atoms with van der Waals surface area (Å²) in [5.74, 6) is 0.374. The monoisotopic (exact) mass is 704 g/mol. The van der Waals surface area contributed by atoms with Crippen LogP contribution in [-0.4, -0.2) is 99.0 Å². The van der Waals surface area contributed by atoms with Crippen LogP contribution in [0.4, 0.5) is 5.82 Å². The lowest BCUT2D eigenvalue weighted by Crippen LogP contribution is -2.33. The number of nitrogens with zero attached hydrogens (tertiary/aromatic N) is 4. The number of aromatic nitrogens is 4. The molecule has 1 fully saturated rings. The predicted molar refractivity (Wildman–Crippen MR) is 151 cm³/mol. The minimum Gasteiger partial charge on any atom is -0.387 e. The number of carbonyl (C=O) groups is 2. The molecule has 0 spiro atoms. The van der Waals surface area contributed by atoms with Gasteiger partial charge in [0.1, 0.15) is 30.4 Å². The average Bonchev–Trinajstić information content (AvgIpc) is 3.46. The molecule has 2 unspecified atom stereocenters. The van der Waals surface area contributed by atoms with Crippen LogP contribution < -0.4 is 10.6 Å². The van der Waals surface area contributed by atoms with Crippen LogP contribution in [0.2, 0.25) is 0 Å². The fraction of sp³-hybridized carbons (Fsp3) is 0.667. The normalized spacial score (nSPS) is 23.0. The smallest absolute Gasteiger partial charge is 0.387 e. The number of imidazole rings is 1. The number of fused-ring (bicyclic) bond motifs is 1. The molecule has 0 aromatic carbocycles. The van der Waals surface area contributed by atoms with Gasteiger partial charge in [-0.25, -0.2) is 28.6 Å². The second kappa shape index (κ2) is 16.1. The number of hydrogen-bond acceptors (Lipinski definition) is 15. The zero-order chi connectivity index (χ0) is 33.4. The van der Waals surface area contributed by atoms with Crippen LogP contribution >= 0.6 is 23.5 Å². The van der Waals surface area contributed by atoms with E-state index in [-0.39, 0.29) is 17.3 Å². The van der Waals surface area contributed by atoms with Crippen LogP contribution in [-0.2, 0) is 41.2 Å². The number of Topliss-reactive ketones (excluding diaryl/α,β-unsaturated/α-hetero) is 1. The molecule has 2 aromatic heterocycles. The summed E-state index contributed by atoms with van der Waals surface area (Å²) in [7, 11) is -16.8. The Morgan fingerprint density at radius 3 is 2.31 bits per heavy atom. The molecule has 1 amide bonds. The summed E-state index contributed by atoms with van der Waals surface area (Å²) in [5, 5.41) is 26.9. The summed E-state index contributed by atoms with van der Waals surface area (Å²) in [6, 6.07) is 0. The lowest BCUT2D eigenvalue weighted by Gasteiger charge is -2.19. The Labute approximate surface area is 255 Å². The van der Waals surface area contributed by atoms with Crippen LogP contribution in [0.15, 0.2) is 12.7 Å². The molecule has 2 aromatic rings. The molecule has 21 nitrogen and oxygen atoms in total. The Hall–Kier alpha value is -2.22. The largest absolute Gasteiger partial charge is 0.490 e. The molecule has 0 saturated carbocycles. The number of aliphatic hydroxyl groups is 2. The van der Waals surface area contributed by atoms with Crippen molar-refractivity contribution in [2.45, 2.75) is 70.0 Å². The molecule has 3 heterocycles. The SMILES string of the molecule is CC(=O)CCCCC(=O)NCCCCNc1ncnc2c1ncn2[C@@H]1O[C@H](COP(=O)(O)OP(=O)(O)OP(=O)(O)O)[C@@H](O)[C@H]1O. The van der Waals surface area contributed by atoms with Crippen molar-refractivity contribution >= 4 is 52.1 Å². The number of ketones is 1. The van der Waals surface area contributed by atoms with Gasteiger partial charge in [0.25, 0.3) is 0 Å². The van der Waals surface area contributed by atoms with E-state index in [2.05, 4.69) is 38.7 Å². The fourth-order valence-corrected chi connectivity index (χ4v) is 7.20. The van der Waals surface area contributed by atoms with E-state index in [4.69, 9.17) is 14.5 Å². The van der Waals surface area contributed by atoms with Crippen molar-refractivity contribution in [2.24, 2.45) is 0 Å². The minimum absolute atomic E-state index is 0.0766. The predicted octanol–water partition coefficient (Wildman–Crippen LogP) is 0.246. The van der Waals surface area contributed by atoms with Crippen LogP contribution in [0.1, 0.15) is 51.7 Å². The van der Waals surface area contributed by atoms with Crippen molar-refractivity contribution < 1.29 is 71.0 Å². The summed E-state index contributed by atoms with van der Waals surface area (Å²) in [4.78, 5) is 71.5. The van der Waals surface area contributed by atoms with Gasteiger partial charge in [-0.1, -0.05) is 0 Å². The van der Waals surface area contributed by atoms with Crippen molar-refractivity contribution in [3.05, 3.63) is 12.7 Å². The van der Waals surface area contributed by atoms with Crippen molar-refractivity contribution in [3.63, 3.8) is 0 Å². The quantitative estimate of drug-likeness (QED) is 0.0717. The highest BCUT2D eigenvalue weighted by Crippen LogP contribution is 2.66. The highest BCUT2D eigenvalue weighted by molar-refractivity contribution is 7.66. The van der Waals surface area contributed by atoms with Crippen LogP contribution in [0, 0.1) is 0 Å². The summed E-state index contributed by atoms with van der Waals surface area (Å²) in [6.45, 7) is 1.48. The van der Waals surface area contributed by atoms with E-state index < -0.39 is 54.6 Å². The molecule has 0 aliphatic carbocycles. The summed E-state index contributed by atoms with van der Waals surface area (Å²) in [6.07, 6.45) is -0.188. The van der Waals surface area contributed by atoms with Gasteiger partial charge in [-0.2, -0.15) is 8.62 Å². The van der Waals surface area contributed by atoms with Crippen molar-refractivity contribution in [1.29, 1.82) is 0 Å². The zero-order valence-corrected chi connectivity index (χ0v) is 26.5. The third kappa shape index (κ3) is 11.8. The van der Waals surface area contributed by atoms with E-state index in [1.54, 1.807) is 0 Å². The molecule has 3 rings (SSSR count). The molecule has 24 heteroatoms. The van der Waals surface area contributed by atoms with Crippen molar-refractivity contribution in [1.82, 2.24) is 24.8 Å². The van der Waals surface area contributed by atoms with Gasteiger partial charge in [0.05, 0.1) is 12.9 Å². The van der Waals surface area contributed by atoms with Gasteiger partial charge >= 0.3 is 23.5 Å². The van der Waals surface area contributed by atoms with E-state index >= 15 is 0 Å². The number of aliphatic hydroxyl groups excluding tert-OH is 2. The third-order valence-electron chi connectivity index (χ3n) is 6.19. The van der Waals surface area contributed by atoms with Gasteiger partial charge in [0.15, 0.2) is 23.2 Å². The lowest BCUT2D eigenvalue weighted by atomic mass is 10.1. The number of phosphoric ester groups is 1. The zero-order valence-electron chi connectivity index (χ0n) is 23.8. The molecule has 0 bridgehead atoms. The standard InChI is InChI=1S/C21H35N6O15P3/c1-13(28)6-2-3-7-15(29)22-8-4-5-9-23-19-16-20(25-11-24-19)27(12-26-16)21-18(31)17(30)14(40-21)10-39-44(35,36)42-45(37,38)41-43(32,33)34/h11-12,14,17-18,21,30-31H,2-10H2,1H3,(H,22,29)(H,35,36)(H,37,38)(H,23,24,25)(H2,32,33,34)/t14-,17-,18-,21-/m1/s1. The number of anilines is 1. The topological polar surface area (TPSA) is 311 Å². The molecule has 0 radical (unpaired) electrons. The maximum atomic E-state index is 12.0. The molecule has 1 aliphatic rings. The molecule has 254 valence electrons. The first kappa shape index (κ1) is 37.2. The Morgan fingerprint density at radius 1 is 0.933 bits per heavy atom. The van der Waals surface area contributed by atoms with E-state index in [1.807, 2.05) is 0 Å². The lowest BCUT2D eigenvalue weighted by molar-refractivity contribution is -0.121. The summed E-state index contributed by atoms with van der Waals surface area (Å²) < 4.78 is 52.8. The number of carbonyl (C=O) groups excluding carboxylic acids is 2. The maximum absolute atomic E-state index is 12.0. The van der Waals surface area contributed by atoms with Gasteiger partial charge in [-0.15, -0.1) is 0 Å². The van der Waals surface area contributed by atoms with Crippen LogP contribution in [0.3, 0.4) is 0 Å². The van der Waals surface area contributed by atoms with E-state index in [0.717, 1.165) is 0 Å². The molecule has 1 aliphatic heterocycles. The number of unbranched alkanes of at least 4 members (excludes halogenated alkanes) is 2. The maximum Gasteiger partial charge on any atom is 0.490 e. The Kier molecular flexibility index (Phi) is 13.3. The fourth-order valence-electron chi connectivity index (χ4n) is 4.17. The summed E-state index contributed by atoms with van der Waals surface area (Å²) in [5.41, 5.74) is 0.479. The highest BCUT2D eigenvalue weighted by Gasteiger charge is 2.47. The highest BCUT2D eigenvalue weighted by atomic mass is 31.3. The van der Waals surface area contributed by atoms with E-state index in [0.29, 0.717) is 62.9 Å². The first-order valence-electron chi connectivity index (χ1n) is 13.5. The van der Waals surface area contributed by atoms with E-state index in [1.165, 1.54) is 24.1 Å². The van der Waals surface area contributed by atoms with E-state index in [9.17, 15) is 43.3 Å². The molecule has 8 N–H and O–H groups in total. The Balaban J connectivity index is 1.51. The molecular weight excluding hydrogens is 669 g/mol. The van der Waals surface area contributed by atoms with Crippen molar-refractivity contribution in [3.8, 4) is 0 Å². The Bertz CT molecular complexity index is 1470. The number of rotatable bonds is 19. The minimum atomic E-state index is -5.75. The molecular formula is C21H35N6O15P3. The van der Waals surface area contributed by atoms with Gasteiger partial charge < -0.3 is 50.0 Å². The van der Waals surface area contributed by atoms with Gasteiger partial charge in [-0.05, 0) is 32.6 Å². The first-order chi connectivity index (χ1) is 21.0. The second-order valence-corrected chi connectivity index (χ2v) is 14.3. The van der Waals surface area contributed by atoms with Gasteiger partial charge in [-0.3, -0.25) is 13.9 Å². The number of hydrogen-bond donors (Lipinski definition) is 8. The molecule has 45 heavy (non-hydrogen) atoms. The van der Waals surface area contributed by atoms with Crippen LogP contribution in [0.5, 0.6) is 0 Å². The van der Waals surface area contributed by atoms with Crippen LogP contribution in [0.25, 0.3) is 11.2 Å². The van der Waals surface area contributed by atoms with Gasteiger partial charge in [0.2, 0.25) is 5.91 Å². The summed E-state index contributed by atoms with van der Waals surface area (Å²) >= 11 is 0. The van der Waals surface area contributed by atoms with Crippen molar-refractivity contribution in [2.75, 3.05) is 25.0 Å². The number of phosphoric acid groups is 3.